The Bertz CT molecular complexity index is 1230. The maximum atomic E-state index is 14.8. The van der Waals surface area contributed by atoms with Crippen molar-refractivity contribution in [2.45, 2.75) is 12.5 Å². The fraction of sp³-hybridized carbons (Fsp3) is 0.250. The number of aliphatic imine (C=N–C) groups is 1. The summed E-state index contributed by atoms with van der Waals surface area (Å²) < 4.78 is 59.8. The van der Waals surface area contributed by atoms with Crippen LogP contribution < -0.4 is 5.73 Å². The molecule has 0 aliphatic carbocycles. The molecule has 1 aliphatic rings. The third-order valence-corrected chi connectivity index (χ3v) is 7.79. The fourth-order valence-corrected chi connectivity index (χ4v) is 5.64. The molecular weight excluding hydrogens is 426 g/mol. The summed E-state index contributed by atoms with van der Waals surface area (Å²) in [7, 11) is -2.50. The number of guanidine groups is 1. The van der Waals surface area contributed by atoms with Gasteiger partial charge < -0.3 is 10.2 Å². The number of pyridine rings is 1. The van der Waals surface area contributed by atoms with Crippen LogP contribution in [0.2, 0.25) is 0 Å². The predicted molar refractivity (Wildman–Crippen MR) is 101 cm³/mol. The van der Waals surface area contributed by atoms with Crippen LogP contribution in [-0.2, 0) is 15.6 Å². The average Bonchev–Trinajstić information content (AvgIpc) is 3.30. The van der Waals surface area contributed by atoms with Crippen molar-refractivity contribution >= 4 is 27.3 Å². The molecule has 1 aliphatic heterocycles. The lowest BCUT2D eigenvalue weighted by Crippen LogP contribution is -2.50. The summed E-state index contributed by atoms with van der Waals surface area (Å²) in [6.07, 6.45) is 2.07. The minimum absolute atomic E-state index is 0.0303. The van der Waals surface area contributed by atoms with E-state index in [1.54, 1.807) is 0 Å². The second kappa shape index (κ2) is 6.56. The molecule has 9 nitrogen and oxygen atoms in total. The number of rotatable bonds is 3. The number of sulfonamides is 1. The van der Waals surface area contributed by atoms with E-state index in [1.807, 2.05) is 0 Å². The molecule has 0 aromatic carbocycles. The topological polar surface area (TPSA) is 128 Å². The molecule has 0 fully saturated rings. The van der Waals surface area contributed by atoms with E-state index in [1.165, 1.54) is 20.0 Å². The van der Waals surface area contributed by atoms with Crippen molar-refractivity contribution in [1.29, 1.82) is 0 Å². The molecule has 13 heteroatoms. The van der Waals surface area contributed by atoms with Crippen LogP contribution in [-0.4, -0.2) is 46.7 Å². The van der Waals surface area contributed by atoms with Crippen molar-refractivity contribution in [3.05, 3.63) is 41.2 Å². The Labute approximate surface area is 168 Å². The fourth-order valence-electron chi connectivity index (χ4n) is 2.96. The van der Waals surface area contributed by atoms with Gasteiger partial charge in [0.1, 0.15) is 22.9 Å². The number of nitrogens with zero attached hydrogens (tertiary/aromatic N) is 5. The van der Waals surface area contributed by atoms with Crippen molar-refractivity contribution in [1.82, 2.24) is 19.5 Å². The molecule has 1 unspecified atom stereocenters. The number of aromatic nitrogens is 3. The average molecular weight is 440 g/mol. The minimum atomic E-state index is -3.78. The Morgan fingerprint density at radius 2 is 2.07 bits per heavy atom. The van der Waals surface area contributed by atoms with Crippen LogP contribution >= 0.6 is 11.3 Å². The van der Waals surface area contributed by atoms with E-state index in [4.69, 9.17) is 10.2 Å². The molecule has 4 heterocycles. The van der Waals surface area contributed by atoms with Crippen LogP contribution in [0.5, 0.6) is 0 Å². The van der Waals surface area contributed by atoms with Crippen LogP contribution in [0.1, 0.15) is 11.8 Å². The third kappa shape index (κ3) is 3.25. The number of nitrogens with two attached hydrogens (primary N) is 1. The Morgan fingerprint density at radius 1 is 1.31 bits per heavy atom. The third-order valence-electron chi connectivity index (χ3n) is 4.44. The summed E-state index contributed by atoms with van der Waals surface area (Å²) in [5, 5.41) is 7.26. The summed E-state index contributed by atoms with van der Waals surface area (Å²) in [5.41, 5.74) is 4.55. The lowest BCUT2D eigenvalue weighted by atomic mass is 10.0. The molecule has 0 saturated heterocycles. The lowest BCUT2D eigenvalue weighted by molar-refractivity contribution is 0.466. The number of thiophene rings is 1. The first-order chi connectivity index (χ1) is 13.6. The van der Waals surface area contributed by atoms with Gasteiger partial charge in [-0.05, 0) is 19.1 Å². The summed E-state index contributed by atoms with van der Waals surface area (Å²) in [5.74, 6) is -2.04. The molecule has 0 spiro atoms. The summed E-state index contributed by atoms with van der Waals surface area (Å²) >= 11 is 0.887. The van der Waals surface area contributed by atoms with Crippen molar-refractivity contribution < 1.29 is 21.6 Å². The van der Waals surface area contributed by atoms with Crippen molar-refractivity contribution in [2.24, 2.45) is 10.7 Å². The summed E-state index contributed by atoms with van der Waals surface area (Å²) in [4.78, 5) is 8.33. The van der Waals surface area contributed by atoms with Gasteiger partial charge in [-0.2, -0.15) is 0 Å². The van der Waals surface area contributed by atoms with Gasteiger partial charge >= 0.3 is 0 Å². The molecule has 2 N–H and O–H groups in total. The largest absolute Gasteiger partial charge is 0.422 e. The molecular formula is C16H14F2N6O3S2. The van der Waals surface area contributed by atoms with Gasteiger partial charge in [-0.3, -0.25) is 0 Å². The summed E-state index contributed by atoms with van der Waals surface area (Å²) in [6.45, 7) is 1.47. The van der Waals surface area contributed by atoms with Gasteiger partial charge in [0.15, 0.2) is 0 Å². The Morgan fingerprint density at radius 3 is 2.72 bits per heavy atom. The van der Waals surface area contributed by atoms with Gasteiger partial charge in [-0.1, -0.05) is 0 Å². The van der Waals surface area contributed by atoms with Crippen LogP contribution in [0.25, 0.3) is 22.0 Å². The highest BCUT2D eigenvalue weighted by atomic mass is 32.2. The van der Waals surface area contributed by atoms with E-state index in [0.29, 0.717) is 0 Å². The van der Waals surface area contributed by atoms with Gasteiger partial charge in [-0.25, -0.2) is 31.5 Å². The second-order valence-corrected chi connectivity index (χ2v) is 9.60. The highest BCUT2D eigenvalue weighted by molar-refractivity contribution is 7.89. The first-order valence-corrected chi connectivity index (χ1v) is 10.6. The quantitative estimate of drug-likeness (QED) is 0.659. The van der Waals surface area contributed by atoms with Gasteiger partial charge in [0.05, 0.1) is 16.8 Å². The van der Waals surface area contributed by atoms with E-state index < -0.39 is 32.9 Å². The molecule has 29 heavy (non-hydrogen) atoms. The minimum Gasteiger partial charge on any atom is -0.422 e. The maximum Gasteiger partial charge on any atom is 0.266 e. The number of hydrogen-bond acceptors (Lipinski definition) is 9. The second-order valence-electron chi connectivity index (χ2n) is 6.55. The highest BCUT2D eigenvalue weighted by Crippen LogP contribution is 2.42. The van der Waals surface area contributed by atoms with E-state index in [0.717, 1.165) is 34.3 Å². The van der Waals surface area contributed by atoms with Crippen LogP contribution in [0.4, 0.5) is 8.78 Å². The van der Waals surface area contributed by atoms with Crippen molar-refractivity contribution in [3.8, 4) is 22.0 Å². The summed E-state index contributed by atoms with van der Waals surface area (Å²) in [6, 6.07) is 2.47. The SMILES string of the molecule is CN1C(N)=NC(C)(c2sc(-c3cc(-c4nnco4)ncc3F)cc2F)CS1(=O)=O. The molecule has 1 atom stereocenters. The number of halogens is 2. The maximum absolute atomic E-state index is 14.8. The molecule has 4 rings (SSSR count). The monoisotopic (exact) mass is 440 g/mol. The van der Waals surface area contributed by atoms with Crippen molar-refractivity contribution in [3.63, 3.8) is 0 Å². The zero-order valence-corrected chi connectivity index (χ0v) is 16.8. The molecule has 0 amide bonds. The lowest BCUT2D eigenvalue weighted by Gasteiger charge is -2.33. The van der Waals surface area contributed by atoms with Crippen LogP contribution in [0.15, 0.2) is 34.1 Å². The van der Waals surface area contributed by atoms with E-state index in [9.17, 15) is 17.2 Å². The van der Waals surface area contributed by atoms with Gasteiger partial charge in [0.2, 0.25) is 22.4 Å². The zero-order chi connectivity index (χ0) is 21.0. The molecule has 3 aromatic heterocycles. The van der Waals surface area contributed by atoms with Gasteiger partial charge in [-0.15, -0.1) is 21.5 Å². The molecule has 3 aromatic rings. The molecule has 0 bridgehead atoms. The smallest absolute Gasteiger partial charge is 0.266 e. The van der Waals surface area contributed by atoms with Gasteiger partial charge in [0.25, 0.3) is 5.89 Å². The predicted octanol–water partition coefficient (Wildman–Crippen LogP) is 1.94. The van der Waals surface area contributed by atoms with Crippen LogP contribution in [0.3, 0.4) is 0 Å². The van der Waals surface area contributed by atoms with Crippen molar-refractivity contribution in [2.75, 3.05) is 12.8 Å². The number of hydrogen-bond donors (Lipinski definition) is 1. The zero-order valence-electron chi connectivity index (χ0n) is 15.1. The highest BCUT2D eigenvalue weighted by Gasteiger charge is 2.43. The molecule has 152 valence electrons. The standard InChI is InChI=1S/C16H14F2N6O3S2/c1-16(6-29(25,26)24(2)15(19)22-16)13-9(17)4-12(28-13)8-3-11(20-5-10(8)18)14-23-21-7-27-14/h3-5,7H,6H2,1-2H3,(H2,19,22). The van der Waals surface area contributed by atoms with Crippen LogP contribution in [0, 0.1) is 11.6 Å². The Hall–Kier alpha value is -2.93. The van der Waals surface area contributed by atoms with E-state index in [-0.39, 0.29) is 32.9 Å². The molecule has 0 radical (unpaired) electrons. The normalized spacial score (nSPS) is 21.2. The molecule has 0 saturated carbocycles. The first-order valence-electron chi connectivity index (χ1n) is 8.15. The first kappa shape index (κ1) is 19.4. The van der Waals surface area contributed by atoms with Gasteiger partial charge in [0, 0.05) is 17.5 Å². The van der Waals surface area contributed by atoms with E-state index >= 15 is 0 Å². The Kier molecular flexibility index (Phi) is 4.38. The van der Waals surface area contributed by atoms with E-state index in [2.05, 4.69) is 20.2 Å². The Balaban J connectivity index is 1.81.